The molecule has 0 atom stereocenters. The summed E-state index contributed by atoms with van der Waals surface area (Å²) in [6.45, 7) is 3.48. The van der Waals surface area contributed by atoms with Crippen molar-refractivity contribution in [3.05, 3.63) is 29.3 Å². The summed E-state index contributed by atoms with van der Waals surface area (Å²) in [6.07, 6.45) is 5.33. The van der Waals surface area contributed by atoms with Gasteiger partial charge in [-0.2, -0.15) is 0 Å². The number of aromatic nitrogens is 1. The first kappa shape index (κ1) is 18.3. The van der Waals surface area contributed by atoms with Crippen molar-refractivity contribution in [2.75, 3.05) is 26.4 Å². The van der Waals surface area contributed by atoms with Crippen molar-refractivity contribution >= 4 is 17.2 Å². The topological polar surface area (TPSA) is 63.7 Å². The van der Waals surface area contributed by atoms with Crippen molar-refractivity contribution < 1.29 is 14.3 Å². The summed E-state index contributed by atoms with van der Waals surface area (Å²) in [5.41, 5.74) is 2.03. The summed E-state index contributed by atoms with van der Waals surface area (Å²) in [7, 11) is 0. The number of rotatable bonds is 6. The summed E-state index contributed by atoms with van der Waals surface area (Å²) in [6, 6.07) is 5.90. The van der Waals surface area contributed by atoms with Crippen molar-refractivity contribution in [1.29, 1.82) is 0 Å². The maximum Gasteiger partial charge on any atom is 0.231 e. The molecule has 1 saturated heterocycles. The molecule has 27 heavy (non-hydrogen) atoms. The highest BCUT2D eigenvalue weighted by Crippen LogP contribution is 2.36. The molecule has 7 heteroatoms. The summed E-state index contributed by atoms with van der Waals surface area (Å²) < 4.78 is 10.8. The third-order valence-electron chi connectivity index (χ3n) is 4.95. The van der Waals surface area contributed by atoms with Crippen LogP contribution in [0.15, 0.2) is 23.6 Å². The lowest BCUT2D eigenvalue weighted by Gasteiger charge is -2.20. The van der Waals surface area contributed by atoms with E-state index < -0.39 is 0 Å². The molecule has 2 aliphatic heterocycles. The minimum atomic E-state index is 0.267. The SMILES string of the molecule is O=C(CCNCc1csc(-c2ccc3c(c2)OCO3)n1)N1CCCCCC1. The third-order valence-corrected chi connectivity index (χ3v) is 5.89. The molecule has 1 amide bonds. The maximum atomic E-state index is 12.3. The Morgan fingerprint density at radius 3 is 2.81 bits per heavy atom. The quantitative estimate of drug-likeness (QED) is 0.770. The van der Waals surface area contributed by atoms with Crippen LogP contribution in [0.3, 0.4) is 0 Å². The number of nitrogens with one attached hydrogen (secondary N) is 1. The number of ether oxygens (including phenoxy) is 2. The van der Waals surface area contributed by atoms with Crippen molar-refractivity contribution in [2.45, 2.75) is 38.6 Å². The zero-order valence-electron chi connectivity index (χ0n) is 15.4. The molecule has 4 rings (SSSR count). The Labute approximate surface area is 163 Å². The first-order valence-corrected chi connectivity index (χ1v) is 10.5. The standard InChI is InChI=1S/C20H25N3O3S/c24-19(23-9-3-1-2-4-10-23)7-8-21-12-16-13-27-20(22-16)15-5-6-17-18(11-15)26-14-25-17/h5-6,11,13,21H,1-4,7-10,12,14H2. The van der Waals surface area contributed by atoms with E-state index in [0.29, 0.717) is 19.5 Å². The van der Waals surface area contributed by atoms with Crippen molar-refractivity contribution in [1.82, 2.24) is 15.2 Å². The lowest BCUT2D eigenvalue weighted by Crippen LogP contribution is -2.33. The number of carbonyl (C=O) groups excluding carboxylic acids is 1. The molecule has 1 aromatic carbocycles. The smallest absolute Gasteiger partial charge is 0.231 e. The molecule has 6 nitrogen and oxygen atoms in total. The molecule has 1 N–H and O–H groups in total. The van der Waals surface area contributed by atoms with E-state index >= 15 is 0 Å². The number of amides is 1. The molecular weight excluding hydrogens is 362 g/mol. The molecule has 0 aliphatic carbocycles. The number of carbonyl (C=O) groups is 1. The summed E-state index contributed by atoms with van der Waals surface area (Å²) >= 11 is 1.61. The van der Waals surface area contributed by atoms with E-state index in [4.69, 9.17) is 9.47 Å². The van der Waals surface area contributed by atoms with Gasteiger partial charge in [0.15, 0.2) is 11.5 Å². The maximum absolute atomic E-state index is 12.3. The fourth-order valence-corrected chi connectivity index (χ4v) is 4.26. The molecule has 0 bridgehead atoms. The number of benzene rings is 1. The van der Waals surface area contributed by atoms with E-state index in [1.165, 1.54) is 12.8 Å². The van der Waals surface area contributed by atoms with Gasteiger partial charge >= 0.3 is 0 Å². The van der Waals surface area contributed by atoms with Crippen LogP contribution < -0.4 is 14.8 Å². The molecule has 2 aromatic rings. The lowest BCUT2D eigenvalue weighted by atomic mass is 10.2. The average molecular weight is 388 g/mol. The molecule has 0 spiro atoms. The highest BCUT2D eigenvalue weighted by atomic mass is 32.1. The van der Waals surface area contributed by atoms with E-state index in [1.54, 1.807) is 11.3 Å². The van der Waals surface area contributed by atoms with Crippen LogP contribution in [0.4, 0.5) is 0 Å². The second-order valence-electron chi connectivity index (χ2n) is 6.93. The Kier molecular flexibility index (Phi) is 5.89. The fourth-order valence-electron chi connectivity index (χ4n) is 3.44. The van der Waals surface area contributed by atoms with Gasteiger partial charge in [0.2, 0.25) is 12.7 Å². The van der Waals surface area contributed by atoms with Gasteiger partial charge in [0.05, 0.1) is 5.69 Å². The second-order valence-corrected chi connectivity index (χ2v) is 7.79. The van der Waals surface area contributed by atoms with Crippen molar-refractivity contribution in [2.24, 2.45) is 0 Å². The molecule has 0 unspecified atom stereocenters. The molecule has 1 fully saturated rings. The van der Waals surface area contributed by atoms with Crippen LogP contribution in [0, 0.1) is 0 Å². The summed E-state index contributed by atoms with van der Waals surface area (Å²) in [5.74, 6) is 1.82. The van der Waals surface area contributed by atoms with Crippen LogP contribution in [-0.4, -0.2) is 42.2 Å². The Morgan fingerprint density at radius 2 is 1.96 bits per heavy atom. The summed E-state index contributed by atoms with van der Waals surface area (Å²) in [4.78, 5) is 19.0. The van der Waals surface area contributed by atoms with Gasteiger partial charge in [-0.3, -0.25) is 4.79 Å². The average Bonchev–Trinajstić information content (AvgIpc) is 3.27. The number of fused-ring (bicyclic) bond motifs is 1. The minimum Gasteiger partial charge on any atom is -0.454 e. The van der Waals surface area contributed by atoms with E-state index in [9.17, 15) is 4.79 Å². The molecule has 2 aliphatic rings. The van der Waals surface area contributed by atoms with E-state index in [1.807, 2.05) is 23.1 Å². The highest BCUT2D eigenvalue weighted by Gasteiger charge is 2.16. The van der Waals surface area contributed by atoms with E-state index in [0.717, 1.165) is 53.7 Å². The number of hydrogen-bond acceptors (Lipinski definition) is 6. The molecule has 1 aromatic heterocycles. The highest BCUT2D eigenvalue weighted by molar-refractivity contribution is 7.13. The van der Waals surface area contributed by atoms with E-state index in [-0.39, 0.29) is 12.7 Å². The van der Waals surface area contributed by atoms with Crippen LogP contribution in [0.5, 0.6) is 11.5 Å². The van der Waals surface area contributed by atoms with Gasteiger partial charge in [0.1, 0.15) is 5.01 Å². The van der Waals surface area contributed by atoms with Crippen LogP contribution in [0.1, 0.15) is 37.8 Å². The normalized spacial score (nSPS) is 16.4. The first-order chi connectivity index (χ1) is 13.3. The molecule has 0 radical (unpaired) electrons. The Balaban J connectivity index is 1.24. The van der Waals surface area contributed by atoms with Crippen molar-refractivity contribution in [3.63, 3.8) is 0 Å². The van der Waals surface area contributed by atoms with Gasteiger partial charge in [0, 0.05) is 43.5 Å². The lowest BCUT2D eigenvalue weighted by molar-refractivity contribution is -0.131. The largest absolute Gasteiger partial charge is 0.454 e. The fraction of sp³-hybridized carbons (Fsp3) is 0.500. The predicted molar refractivity (Wildman–Crippen MR) is 105 cm³/mol. The van der Waals surface area contributed by atoms with Gasteiger partial charge in [-0.1, -0.05) is 12.8 Å². The van der Waals surface area contributed by atoms with Gasteiger partial charge in [-0.15, -0.1) is 11.3 Å². The number of hydrogen-bond donors (Lipinski definition) is 1. The Bertz CT molecular complexity index is 785. The minimum absolute atomic E-state index is 0.267. The molecule has 0 saturated carbocycles. The molecular formula is C20H25N3O3S. The zero-order chi connectivity index (χ0) is 18.5. The van der Waals surface area contributed by atoms with Crippen LogP contribution >= 0.6 is 11.3 Å². The van der Waals surface area contributed by atoms with Crippen LogP contribution in [-0.2, 0) is 11.3 Å². The Morgan fingerprint density at radius 1 is 1.15 bits per heavy atom. The first-order valence-electron chi connectivity index (χ1n) is 9.62. The van der Waals surface area contributed by atoms with Crippen molar-refractivity contribution in [3.8, 4) is 22.1 Å². The number of nitrogens with zero attached hydrogens (tertiary/aromatic N) is 2. The van der Waals surface area contributed by atoms with Gasteiger partial charge in [-0.05, 0) is 31.0 Å². The predicted octanol–water partition coefficient (Wildman–Crippen LogP) is 3.42. The molecule has 144 valence electrons. The number of thiazole rings is 1. The molecule has 3 heterocycles. The Hall–Kier alpha value is -2.12. The zero-order valence-corrected chi connectivity index (χ0v) is 16.2. The van der Waals surface area contributed by atoms with Gasteiger partial charge < -0.3 is 19.7 Å². The van der Waals surface area contributed by atoms with Crippen LogP contribution in [0.25, 0.3) is 10.6 Å². The second kappa shape index (κ2) is 8.71. The number of likely N-dealkylation sites (tertiary alicyclic amines) is 1. The van der Waals surface area contributed by atoms with E-state index in [2.05, 4.69) is 15.7 Å². The third kappa shape index (κ3) is 4.59. The van der Waals surface area contributed by atoms with Gasteiger partial charge in [0.25, 0.3) is 0 Å². The monoisotopic (exact) mass is 387 g/mol. The van der Waals surface area contributed by atoms with Gasteiger partial charge in [-0.25, -0.2) is 4.98 Å². The van der Waals surface area contributed by atoms with Crippen LogP contribution in [0.2, 0.25) is 0 Å². The summed E-state index contributed by atoms with van der Waals surface area (Å²) in [5, 5.41) is 6.37.